The zero-order valence-electron chi connectivity index (χ0n) is 12.9. The van der Waals surface area contributed by atoms with E-state index in [9.17, 15) is 9.90 Å². The Balaban J connectivity index is 1.42. The largest absolute Gasteiger partial charge is 0.383 e. The van der Waals surface area contributed by atoms with Gasteiger partial charge in [0.1, 0.15) is 17.1 Å². The molecule has 0 aliphatic heterocycles. The molecule has 0 saturated carbocycles. The van der Waals surface area contributed by atoms with Crippen LogP contribution in [0.2, 0.25) is 0 Å². The van der Waals surface area contributed by atoms with Gasteiger partial charge in [-0.25, -0.2) is 0 Å². The van der Waals surface area contributed by atoms with Gasteiger partial charge in [-0.3, -0.25) is 4.79 Å². The molecule has 1 unspecified atom stereocenters. The molecule has 5 nitrogen and oxygen atoms in total. The average molecular weight is 388 g/mol. The smallest absolute Gasteiger partial charge is 0.251 e. The second-order valence-corrected chi connectivity index (χ2v) is 7.92. The summed E-state index contributed by atoms with van der Waals surface area (Å²) in [5.74, 6) is -0.150. The summed E-state index contributed by atoms with van der Waals surface area (Å²) in [4.78, 5) is 14.2. The number of fused-ring (bicyclic) bond motifs is 1. The van der Waals surface area contributed by atoms with Gasteiger partial charge in [0.25, 0.3) is 5.91 Å². The van der Waals surface area contributed by atoms with Crippen molar-refractivity contribution in [2.75, 3.05) is 0 Å². The maximum absolute atomic E-state index is 12.3. The molecule has 8 heteroatoms. The van der Waals surface area contributed by atoms with Crippen molar-refractivity contribution in [1.29, 1.82) is 0 Å². The Hall–Kier alpha value is -2.13. The lowest BCUT2D eigenvalue weighted by Crippen LogP contribution is -2.22. The van der Waals surface area contributed by atoms with Crippen LogP contribution in [-0.2, 0) is 6.54 Å². The highest BCUT2D eigenvalue weighted by Gasteiger charge is 2.14. The molecule has 3 aromatic heterocycles. The van der Waals surface area contributed by atoms with Crippen molar-refractivity contribution >= 4 is 51.3 Å². The van der Waals surface area contributed by atoms with Crippen LogP contribution in [0.15, 0.2) is 47.2 Å². The van der Waals surface area contributed by atoms with Crippen LogP contribution in [0.1, 0.15) is 31.8 Å². The van der Waals surface area contributed by atoms with Crippen molar-refractivity contribution in [2.24, 2.45) is 0 Å². The van der Waals surface area contributed by atoms with Gasteiger partial charge in [-0.1, -0.05) is 0 Å². The lowest BCUT2D eigenvalue weighted by Gasteiger charge is -2.06. The van der Waals surface area contributed by atoms with Crippen LogP contribution in [0.25, 0.3) is 11.0 Å². The van der Waals surface area contributed by atoms with Crippen molar-refractivity contribution in [1.82, 2.24) is 14.1 Å². The minimum atomic E-state index is -0.611. The first-order valence-corrected chi connectivity index (χ1v) is 9.99. The summed E-state index contributed by atoms with van der Waals surface area (Å²) in [6.07, 6.45) is -0.611. The Morgan fingerprint density at radius 1 is 1.16 bits per heavy atom. The number of carbonyl (C=O) groups is 1. The number of thiophene rings is 2. The third kappa shape index (κ3) is 3.47. The maximum atomic E-state index is 12.3. The number of nitrogens with zero attached hydrogens (tertiary/aromatic N) is 2. The van der Waals surface area contributed by atoms with Crippen molar-refractivity contribution in [2.45, 2.75) is 12.6 Å². The van der Waals surface area contributed by atoms with Crippen LogP contribution in [0, 0.1) is 0 Å². The Morgan fingerprint density at radius 3 is 2.88 bits per heavy atom. The number of aromatic nitrogens is 2. The molecule has 0 fully saturated rings. The zero-order chi connectivity index (χ0) is 17.2. The zero-order valence-corrected chi connectivity index (χ0v) is 15.3. The fraction of sp³-hybridized carbons (Fsp3) is 0.118. The normalized spacial score (nSPS) is 12.4. The van der Waals surface area contributed by atoms with Gasteiger partial charge >= 0.3 is 0 Å². The van der Waals surface area contributed by atoms with Gasteiger partial charge < -0.3 is 10.4 Å². The van der Waals surface area contributed by atoms with E-state index in [1.165, 1.54) is 11.3 Å². The molecule has 0 aliphatic carbocycles. The molecule has 1 amide bonds. The van der Waals surface area contributed by atoms with Crippen LogP contribution >= 0.6 is 34.4 Å². The number of hydrogen-bond acceptors (Lipinski definition) is 7. The summed E-state index contributed by atoms with van der Waals surface area (Å²) in [6.45, 7) is 0.424. The molecule has 4 aromatic rings. The molecule has 1 atom stereocenters. The van der Waals surface area contributed by atoms with Crippen molar-refractivity contribution in [3.63, 3.8) is 0 Å². The lowest BCUT2D eigenvalue weighted by atomic mass is 10.2. The van der Waals surface area contributed by atoms with E-state index < -0.39 is 6.10 Å². The molecule has 3 heterocycles. The summed E-state index contributed by atoms with van der Waals surface area (Å²) >= 11 is 4.20. The van der Waals surface area contributed by atoms with Crippen LogP contribution in [0.5, 0.6) is 0 Å². The van der Waals surface area contributed by atoms with Crippen LogP contribution in [-0.4, -0.2) is 19.8 Å². The van der Waals surface area contributed by atoms with Crippen LogP contribution in [0.4, 0.5) is 0 Å². The number of rotatable bonds is 5. The lowest BCUT2D eigenvalue weighted by molar-refractivity contribution is 0.0951. The van der Waals surface area contributed by atoms with E-state index in [1.807, 2.05) is 29.0 Å². The monoisotopic (exact) mass is 387 g/mol. The first kappa shape index (κ1) is 16.3. The summed E-state index contributed by atoms with van der Waals surface area (Å²) < 4.78 is 8.28. The van der Waals surface area contributed by atoms with Gasteiger partial charge in [0, 0.05) is 15.3 Å². The van der Waals surface area contributed by atoms with E-state index in [0.29, 0.717) is 12.1 Å². The fourth-order valence-corrected chi connectivity index (χ4v) is 4.59. The quantitative estimate of drug-likeness (QED) is 0.546. The summed E-state index contributed by atoms with van der Waals surface area (Å²) in [7, 11) is 0. The minimum absolute atomic E-state index is 0.150. The highest BCUT2D eigenvalue weighted by Crippen LogP contribution is 2.29. The Labute approximate surface area is 155 Å². The first-order chi connectivity index (χ1) is 12.2. The maximum Gasteiger partial charge on any atom is 0.251 e. The molecule has 25 heavy (non-hydrogen) atoms. The summed E-state index contributed by atoms with van der Waals surface area (Å²) in [5.41, 5.74) is 2.99. The number of amides is 1. The molecule has 0 spiro atoms. The molecule has 0 bridgehead atoms. The number of aliphatic hydroxyl groups is 1. The number of nitrogens with one attached hydrogen (secondary N) is 1. The molecule has 0 saturated heterocycles. The molecule has 1 aromatic carbocycles. The van der Waals surface area contributed by atoms with Crippen molar-refractivity contribution < 1.29 is 9.90 Å². The van der Waals surface area contributed by atoms with E-state index in [1.54, 1.807) is 29.5 Å². The number of hydrogen-bond donors (Lipinski definition) is 2. The van der Waals surface area contributed by atoms with Crippen LogP contribution in [0.3, 0.4) is 0 Å². The fourth-order valence-electron chi connectivity index (χ4n) is 2.42. The van der Waals surface area contributed by atoms with Crippen molar-refractivity contribution in [3.05, 3.63) is 68.0 Å². The van der Waals surface area contributed by atoms with E-state index in [-0.39, 0.29) is 5.91 Å². The molecular formula is C17H13N3O2S3. The Bertz CT molecular complexity index is 1010. The summed E-state index contributed by atoms with van der Waals surface area (Å²) in [6, 6.07) is 11.0. The molecule has 4 rings (SSSR count). The van der Waals surface area contributed by atoms with Gasteiger partial charge in [0.05, 0.1) is 18.3 Å². The Kier molecular flexibility index (Phi) is 4.58. The van der Waals surface area contributed by atoms with Crippen LogP contribution < -0.4 is 5.32 Å². The second kappa shape index (κ2) is 7.01. The standard InChI is InChI=1S/C17H13N3O2S3/c21-16(11-5-6-23-9-11)15-4-2-12(24-15)8-18-17(22)10-1-3-13-14(7-10)20-25-19-13/h1-7,9,16,21H,8H2,(H,18,22). The topological polar surface area (TPSA) is 75.1 Å². The summed E-state index contributed by atoms with van der Waals surface area (Å²) in [5, 5.41) is 17.1. The number of aliphatic hydroxyl groups excluding tert-OH is 1. The van der Waals surface area contributed by atoms with E-state index >= 15 is 0 Å². The average Bonchev–Trinajstić information content (AvgIpc) is 3.39. The number of benzene rings is 1. The predicted octanol–water partition coefficient (Wildman–Crippen LogP) is 3.83. The van der Waals surface area contributed by atoms with E-state index in [2.05, 4.69) is 14.1 Å². The Morgan fingerprint density at radius 2 is 2.04 bits per heavy atom. The first-order valence-electron chi connectivity index (χ1n) is 7.50. The third-order valence-electron chi connectivity index (χ3n) is 3.75. The van der Waals surface area contributed by atoms with Gasteiger partial charge in [-0.05, 0) is 52.7 Å². The molecular weight excluding hydrogens is 374 g/mol. The van der Waals surface area contributed by atoms with E-state index in [0.717, 1.165) is 38.1 Å². The molecule has 0 aliphatic rings. The predicted molar refractivity (Wildman–Crippen MR) is 101 cm³/mol. The minimum Gasteiger partial charge on any atom is -0.383 e. The highest BCUT2D eigenvalue weighted by atomic mass is 32.1. The van der Waals surface area contributed by atoms with Gasteiger partial charge in [-0.2, -0.15) is 20.1 Å². The van der Waals surface area contributed by atoms with Gasteiger partial charge in [0.15, 0.2) is 0 Å². The van der Waals surface area contributed by atoms with E-state index in [4.69, 9.17) is 0 Å². The van der Waals surface area contributed by atoms with Gasteiger partial charge in [0.2, 0.25) is 0 Å². The number of carbonyl (C=O) groups excluding carboxylic acids is 1. The SMILES string of the molecule is O=C(NCc1ccc(C(O)c2ccsc2)s1)c1ccc2nsnc2c1. The molecule has 0 radical (unpaired) electrons. The van der Waals surface area contributed by atoms with Crippen molar-refractivity contribution in [3.8, 4) is 0 Å². The highest BCUT2D eigenvalue weighted by molar-refractivity contribution is 7.12. The second-order valence-electron chi connectivity index (χ2n) is 5.41. The van der Waals surface area contributed by atoms with Gasteiger partial charge in [-0.15, -0.1) is 11.3 Å². The molecule has 2 N–H and O–H groups in total. The third-order valence-corrected chi connectivity index (χ3v) is 6.15. The molecule has 126 valence electrons.